The van der Waals surface area contributed by atoms with E-state index in [1.54, 1.807) is 11.8 Å². The molecule has 1 saturated heterocycles. The molecule has 0 aliphatic carbocycles. The number of aryl methyl sites for hydroxylation is 1. The summed E-state index contributed by atoms with van der Waals surface area (Å²) < 4.78 is 12.5. The normalized spacial score (nSPS) is 15.3. The summed E-state index contributed by atoms with van der Waals surface area (Å²) in [5.41, 5.74) is 4.17. The quantitative estimate of drug-likeness (QED) is 0.615. The van der Waals surface area contributed by atoms with Crippen molar-refractivity contribution in [2.24, 2.45) is 0 Å². The highest BCUT2D eigenvalue weighted by atomic mass is 16.5. The Bertz CT molecular complexity index is 1080. The number of hydrogen-bond donors (Lipinski definition) is 1. The minimum atomic E-state index is -0.234. The Balaban J connectivity index is 1.51. The molecule has 168 valence electrons. The number of nitrogens with zero attached hydrogens (tertiary/aromatic N) is 4. The Labute approximate surface area is 188 Å². The number of aromatic nitrogens is 3. The second-order valence-electron chi connectivity index (χ2n) is 7.93. The summed E-state index contributed by atoms with van der Waals surface area (Å²) in [5, 5.41) is 11.4. The van der Waals surface area contributed by atoms with Crippen LogP contribution in [0.3, 0.4) is 0 Å². The zero-order chi connectivity index (χ0) is 22.5. The largest absolute Gasteiger partial charge is 0.497 e. The van der Waals surface area contributed by atoms with Gasteiger partial charge in [0.1, 0.15) is 5.75 Å². The van der Waals surface area contributed by atoms with Gasteiger partial charge in [-0.2, -0.15) is 0 Å². The third kappa shape index (κ3) is 4.81. The molecule has 1 aliphatic heterocycles. The van der Waals surface area contributed by atoms with Crippen molar-refractivity contribution in [1.29, 1.82) is 0 Å². The molecule has 32 heavy (non-hydrogen) atoms. The number of amides is 1. The van der Waals surface area contributed by atoms with E-state index in [4.69, 9.17) is 9.47 Å². The number of nitrogens with one attached hydrogen (secondary N) is 1. The molecule has 0 saturated carbocycles. The van der Waals surface area contributed by atoms with E-state index in [0.717, 1.165) is 24.5 Å². The highest BCUT2D eigenvalue weighted by molar-refractivity contribution is 5.93. The number of rotatable bonds is 7. The maximum atomic E-state index is 13.0. The topological polar surface area (TPSA) is 81.5 Å². The highest BCUT2D eigenvalue weighted by Gasteiger charge is 2.25. The van der Waals surface area contributed by atoms with Gasteiger partial charge in [0.25, 0.3) is 5.91 Å². The van der Waals surface area contributed by atoms with Gasteiger partial charge in [-0.25, -0.2) is 4.68 Å². The van der Waals surface area contributed by atoms with Crippen molar-refractivity contribution >= 4 is 5.91 Å². The predicted octanol–water partition coefficient (Wildman–Crippen LogP) is 2.70. The fourth-order valence-electron chi connectivity index (χ4n) is 4.02. The average Bonchev–Trinajstić information content (AvgIpc) is 3.21. The van der Waals surface area contributed by atoms with Gasteiger partial charge in [0.05, 0.1) is 37.7 Å². The van der Waals surface area contributed by atoms with E-state index in [9.17, 15) is 4.79 Å². The van der Waals surface area contributed by atoms with Crippen LogP contribution in [0.15, 0.2) is 48.5 Å². The van der Waals surface area contributed by atoms with Crippen molar-refractivity contribution < 1.29 is 14.3 Å². The molecule has 0 bridgehead atoms. The molecule has 1 unspecified atom stereocenters. The van der Waals surface area contributed by atoms with Gasteiger partial charge in [0.15, 0.2) is 5.69 Å². The van der Waals surface area contributed by atoms with Gasteiger partial charge in [0.2, 0.25) is 0 Å². The summed E-state index contributed by atoms with van der Waals surface area (Å²) in [6.45, 7) is 7.47. The average molecular weight is 436 g/mol. The first-order valence-electron chi connectivity index (χ1n) is 10.8. The van der Waals surface area contributed by atoms with Gasteiger partial charge in [-0.3, -0.25) is 9.69 Å². The molecule has 4 rings (SSSR count). The van der Waals surface area contributed by atoms with Crippen LogP contribution >= 0.6 is 0 Å². The molecule has 1 fully saturated rings. The molecule has 8 heteroatoms. The lowest BCUT2D eigenvalue weighted by Crippen LogP contribution is -2.44. The van der Waals surface area contributed by atoms with Gasteiger partial charge in [-0.05, 0) is 31.5 Å². The molecule has 1 aromatic heterocycles. The van der Waals surface area contributed by atoms with Gasteiger partial charge < -0.3 is 14.8 Å². The molecule has 1 aliphatic rings. The van der Waals surface area contributed by atoms with Crippen LogP contribution in [0, 0.1) is 13.8 Å². The van der Waals surface area contributed by atoms with Crippen molar-refractivity contribution in [1.82, 2.24) is 25.2 Å². The third-order valence-electron chi connectivity index (χ3n) is 5.78. The smallest absolute Gasteiger partial charge is 0.273 e. The first kappa shape index (κ1) is 22.0. The number of ether oxygens (including phenoxy) is 2. The molecule has 0 spiro atoms. The summed E-state index contributed by atoms with van der Waals surface area (Å²) >= 11 is 0. The van der Waals surface area contributed by atoms with Crippen LogP contribution < -0.4 is 10.1 Å². The van der Waals surface area contributed by atoms with Crippen LogP contribution in [0.25, 0.3) is 5.69 Å². The van der Waals surface area contributed by atoms with Gasteiger partial charge in [-0.1, -0.05) is 41.1 Å². The lowest BCUT2D eigenvalue weighted by molar-refractivity contribution is 0.0162. The standard InChI is InChI=1S/C24H29N5O3/c1-17-6-4-7-19(14-17)22(28-10-12-32-13-11-28)16-25-24(30)23-18(2)29(27-26-23)20-8-5-9-21(15-20)31-3/h4-9,14-15,22H,10-13,16H2,1-3H3,(H,25,30). The predicted molar refractivity (Wildman–Crippen MR) is 121 cm³/mol. The second-order valence-corrected chi connectivity index (χ2v) is 7.93. The Morgan fingerprint density at radius 3 is 2.69 bits per heavy atom. The maximum Gasteiger partial charge on any atom is 0.273 e. The molecule has 0 radical (unpaired) electrons. The number of hydrogen-bond acceptors (Lipinski definition) is 6. The Morgan fingerprint density at radius 2 is 1.94 bits per heavy atom. The molecule has 2 aromatic carbocycles. The minimum Gasteiger partial charge on any atom is -0.497 e. The molecule has 1 atom stereocenters. The SMILES string of the molecule is COc1cccc(-n2nnc(C(=O)NCC(c3cccc(C)c3)N3CCOCC3)c2C)c1. The molecule has 1 N–H and O–H groups in total. The molecule has 2 heterocycles. The zero-order valence-electron chi connectivity index (χ0n) is 18.7. The summed E-state index contributed by atoms with van der Waals surface area (Å²) in [5.74, 6) is 0.484. The van der Waals surface area contributed by atoms with E-state index in [-0.39, 0.29) is 11.9 Å². The van der Waals surface area contributed by atoms with E-state index >= 15 is 0 Å². The number of morpholine rings is 1. The van der Waals surface area contributed by atoms with Crippen molar-refractivity contribution in [3.8, 4) is 11.4 Å². The number of carbonyl (C=O) groups is 1. The third-order valence-corrected chi connectivity index (χ3v) is 5.78. The monoisotopic (exact) mass is 435 g/mol. The van der Waals surface area contributed by atoms with Gasteiger partial charge >= 0.3 is 0 Å². The van der Waals surface area contributed by atoms with Crippen LogP contribution in [0.1, 0.15) is 33.4 Å². The fraction of sp³-hybridized carbons (Fsp3) is 0.375. The van der Waals surface area contributed by atoms with Crippen LogP contribution in [-0.2, 0) is 4.74 Å². The summed E-state index contributed by atoms with van der Waals surface area (Å²) in [7, 11) is 1.62. The van der Waals surface area contributed by atoms with Gasteiger partial charge in [0, 0.05) is 25.7 Å². The van der Waals surface area contributed by atoms with Crippen LogP contribution in [0.5, 0.6) is 5.75 Å². The number of carbonyl (C=O) groups excluding carboxylic acids is 1. The molecule has 3 aromatic rings. The summed E-state index contributed by atoms with van der Waals surface area (Å²) in [6, 6.07) is 16.0. The van der Waals surface area contributed by atoms with Crippen LogP contribution in [-0.4, -0.2) is 65.8 Å². The number of methoxy groups -OCH3 is 1. The first-order valence-corrected chi connectivity index (χ1v) is 10.8. The van der Waals surface area contributed by atoms with E-state index in [2.05, 4.69) is 51.7 Å². The Hall–Kier alpha value is -3.23. The van der Waals surface area contributed by atoms with Crippen molar-refractivity contribution in [3.63, 3.8) is 0 Å². The molecule has 8 nitrogen and oxygen atoms in total. The van der Waals surface area contributed by atoms with E-state index in [1.165, 1.54) is 11.1 Å². The van der Waals surface area contributed by atoms with E-state index in [0.29, 0.717) is 31.1 Å². The zero-order valence-corrected chi connectivity index (χ0v) is 18.7. The first-order chi connectivity index (χ1) is 15.6. The summed E-state index contributed by atoms with van der Waals surface area (Å²) in [6.07, 6.45) is 0. The minimum absolute atomic E-state index is 0.0662. The highest BCUT2D eigenvalue weighted by Crippen LogP contribution is 2.23. The fourth-order valence-corrected chi connectivity index (χ4v) is 4.02. The van der Waals surface area contributed by atoms with Gasteiger partial charge in [-0.15, -0.1) is 5.10 Å². The summed E-state index contributed by atoms with van der Waals surface area (Å²) in [4.78, 5) is 15.4. The lowest BCUT2D eigenvalue weighted by Gasteiger charge is -2.35. The molecule has 1 amide bonds. The maximum absolute atomic E-state index is 13.0. The Morgan fingerprint density at radius 1 is 1.16 bits per heavy atom. The van der Waals surface area contributed by atoms with Crippen LogP contribution in [0.4, 0.5) is 0 Å². The van der Waals surface area contributed by atoms with Crippen molar-refractivity contribution in [2.75, 3.05) is 40.0 Å². The Kier molecular flexibility index (Phi) is 6.82. The van der Waals surface area contributed by atoms with Crippen molar-refractivity contribution in [3.05, 3.63) is 71.0 Å². The van der Waals surface area contributed by atoms with E-state index in [1.807, 2.05) is 31.2 Å². The van der Waals surface area contributed by atoms with Crippen molar-refractivity contribution in [2.45, 2.75) is 19.9 Å². The van der Waals surface area contributed by atoms with Crippen LogP contribution in [0.2, 0.25) is 0 Å². The van der Waals surface area contributed by atoms with E-state index < -0.39 is 0 Å². The second kappa shape index (κ2) is 9.93. The molecular weight excluding hydrogens is 406 g/mol. The molecular formula is C24H29N5O3. The number of benzene rings is 2. The lowest BCUT2D eigenvalue weighted by atomic mass is 10.0.